The van der Waals surface area contributed by atoms with E-state index in [9.17, 15) is 14.4 Å². The number of nitrogens with zero attached hydrogens (tertiary/aromatic N) is 1. The van der Waals surface area contributed by atoms with Crippen LogP contribution in [0.4, 0.5) is 5.82 Å². The summed E-state index contributed by atoms with van der Waals surface area (Å²) in [6.07, 6.45) is 4.20. The van der Waals surface area contributed by atoms with Crippen molar-refractivity contribution in [1.82, 2.24) is 9.78 Å². The average Bonchev–Trinajstić information content (AvgIpc) is 3.21. The van der Waals surface area contributed by atoms with Crippen LogP contribution in [0.15, 0.2) is 29.1 Å². The Bertz CT molecular complexity index is 910. The maximum Gasteiger partial charge on any atom is 0.335 e. The van der Waals surface area contributed by atoms with Gasteiger partial charge in [0.05, 0.1) is 28.2 Å². The third-order valence-electron chi connectivity index (χ3n) is 5.01. The van der Waals surface area contributed by atoms with Crippen LogP contribution >= 0.6 is 11.8 Å². The van der Waals surface area contributed by atoms with Crippen LogP contribution in [0.3, 0.4) is 0 Å². The minimum absolute atomic E-state index is 0.133. The number of carboxylic acids is 1. The third kappa shape index (κ3) is 2.94. The first-order valence-electron chi connectivity index (χ1n) is 8.63. The number of hydrogen-bond donors (Lipinski definition) is 3. The first kappa shape index (κ1) is 17.0. The molecule has 1 aliphatic heterocycles. The number of nitrogens with one attached hydrogen (secondary N) is 2. The molecule has 0 bridgehead atoms. The van der Waals surface area contributed by atoms with Crippen molar-refractivity contribution < 1.29 is 14.7 Å². The monoisotopic (exact) mass is 373 g/mol. The molecule has 1 aliphatic carbocycles. The van der Waals surface area contributed by atoms with E-state index in [-0.39, 0.29) is 34.1 Å². The van der Waals surface area contributed by atoms with E-state index in [1.54, 1.807) is 12.1 Å². The lowest BCUT2D eigenvalue weighted by atomic mass is 10.0. The Morgan fingerprint density at radius 1 is 1.15 bits per heavy atom. The summed E-state index contributed by atoms with van der Waals surface area (Å²) < 4.78 is 1.83. The molecule has 2 aromatic rings. The normalized spacial score (nSPS) is 20.5. The van der Waals surface area contributed by atoms with Gasteiger partial charge in [0.15, 0.2) is 0 Å². The molecule has 0 saturated heterocycles. The van der Waals surface area contributed by atoms with E-state index in [0.717, 1.165) is 31.2 Å². The molecule has 136 valence electrons. The predicted octanol–water partition coefficient (Wildman–Crippen LogP) is 2.76. The maximum atomic E-state index is 12.7. The molecule has 2 heterocycles. The molecule has 1 saturated carbocycles. The number of fused-ring (bicyclic) bond motifs is 1. The predicted molar refractivity (Wildman–Crippen MR) is 98.9 cm³/mol. The van der Waals surface area contributed by atoms with E-state index < -0.39 is 5.97 Å². The number of amides is 1. The van der Waals surface area contributed by atoms with Crippen molar-refractivity contribution in [3.63, 3.8) is 0 Å². The largest absolute Gasteiger partial charge is 0.478 e. The van der Waals surface area contributed by atoms with E-state index in [4.69, 9.17) is 5.11 Å². The van der Waals surface area contributed by atoms with Gasteiger partial charge in [-0.2, -0.15) is 0 Å². The first-order chi connectivity index (χ1) is 12.5. The second-order valence-electron chi connectivity index (χ2n) is 6.68. The summed E-state index contributed by atoms with van der Waals surface area (Å²) in [5, 5.41) is 14.6. The van der Waals surface area contributed by atoms with Crippen LogP contribution < -0.4 is 10.9 Å². The highest BCUT2D eigenvalue weighted by molar-refractivity contribution is 8.00. The van der Waals surface area contributed by atoms with Crippen molar-refractivity contribution in [3.05, 3.63) is 51.3 Å². The standard InChI is InChI=1S/C18H19N3O4S/c22-13-9-26-15(10-5-7-11(8-6-10)18(24)25)14-16(19-13)21(20-17(14)23)12-3-1-2-4-12/h5-8,12,15H,1-4,9H2,(H,19,22)(H,20,23)(H,24,25)/t15-/m1/s1. The molecule has 4 rings (SSSR count). The SMILES string of the molecule is O=C1CS[C@H](c2ccc(C(=O)O)cc2)c2c(n(C3CCCC3)[nH]c2=O)N1. The Balaban J connectivity index is 1.79. The molecule has 0 spiro atoms. The summed E-state index contributed by atoms with van der Waals surface area (Å²) in [6, 6.07) is 6.69. The Labute approximate surface area is 153 Å². The Morgan fingerprint density at radius 3 is 2.50 bits per heavy atom. The lowest BCUT2D eigenvalue weighted by Gasteiger charge is -2.16. The van der Waals surface area contributed by atoms with Gasteiger partial charge in [-0.1, -0.05) is 25.0 Å². The molecule has 26 heavy (non-hydrogen) atoms. The summed E-state index contributed by atoms with van der Waals surface area (Å²) >= 11 is 1.38. The molecule has 1 aromatic carbocycles. The van der Waals surface area contributed by atoms with E-state index in [1.165, 1.54) is 23.9 Å². The number of benzene rings is 1. The molecule has 2 aliphatic rings. The average molecular weight is 373 g/mol. The summed E-state index contributed by atoms with van der Waals surface area (Å²) in [6.45, 7) is 0. The van der Waals surface area contributed by atoms with E-state index in [2.05, 4.69) is 10.4 Å². The van der Waals surface area contributed by atoms with E-state index >= 15 is 0 Å². The number of hydrogen-bond acceptors (Lipinski definition) is 4. The topological polar surface area (TPSA) is 104 Å². The number of carbonyl (C=O) groups excluding carboxylic acids is 1. The van der Waals surface area contributed by atoms with Gasteiger partial charge in [0.1, 0.15) is 5.82 Å². The van der Waals surface area contributed by atoms with Crippen LogP contribution in [0, 0.1) is 0 Å². The molecule has 0 unspecified atom stereocenters. The fourth-order valence-corrected chi connectivity index (χ4v) is 4.87. The van der Waals surface area contributed by atoms with Crippen molar-refractivity contribution in [3.8, 4) is 0 Å². The summed E-state index contributed by atoms with van der Waals surface area (Å²) in [5.41, 5.74) is 1.34. The molecule has 1 atom stereocenters. The van der Waals surface area contributed by atoms with E-state index in [0.29, 0.717) is 11.4 Å². The number of rotatable bonds is 3. The van der Waals surface area contributed by atoms with Crippen LogP contribution in [0.25, 0.3) is 0 Å². The Kier molecular flexibility index (Phi) is 4.36. The molecule has 1 amide bonds. The third-order valence-corrected chi connectivity index (χ3v) is 6.28. The first-order valence-corrected chi connectivity index (χ1v) is 9.68. The highest BCUT2D eigenvalue weighted by Gasteiger charge is 2.32. The number of H-pyrrole nitrogens is 1. The molecular weight excluding hydrogens is 354 g/mol. The van der Waals surface area contributed by atoms with Gasteiger partial charge in [-0.25, -0.2) is 4.79 Å². The second kappa shape index (κ2) is 6.68. The molecular formula is C18H19N3O4S. The van der Waals surface area contributed by atoms with Gasteiger partial charge in [0.25, 0.3) is 5.56 Å². The van der Waals surface area contributed by atoms with Gasteiger partial charge >= 0.3 is 5.97 Å². The lowest BCUT2D eigenvalue weighted by Crippen LogP contribution is -2.18. The fourth-order valence-electron chi connectivity index (χ4n) is 3.74. The number of aromatic nitrogens is 2. The van der Waals surface area contributed by atoms with Crippen molar-refractivity contribution in [2.24, 2.45) is 0 Å². The van der Waals surface area contributed by atoms with Gasteiger partial charge in [-0.05, 0) is 30.5 Å². The number of anilines is 1. The quantitative estimate of drug-likeness (QED) is 0.767. The zero-order valence-electron chi connectivity index (χ0n) is 14.0. The van der Waals surface area contributed by atoms with Crippen LogP contribution in [0.5, 0.6) is 0 Å². The van der Waals surface area contributed by atoms with Crippen molar-refractivity contribution in [1.29, 1.82) is 0 Å². The summed E-state index contributed by atoms with van der Waals surface area (Å²) in [4.78, 5) is 36.0. The van der Waals surface area contributed by atoms with Crippen LogP contribution in [0.2, 0.25) is 0 Å². The number of thioether (sulfide) groups is 1. The number of carbonyl (C=O) groups is 2. The minimum Gasteiger partial charge on any atom is -0.478 e. The molecule has 8 heteroatoms. The highest BCUT2D eigenvalue weighted by Crippen LogP contribution is 2.41. The van der Waals surface area contributed by atoms with Gasteiger partial charge in [-0.3, -0.25) is 19.4 Å². The molecule has 1 aromatic heterocycles. The zero-order valence-corrected chi connectivity index (χ0v) is 14.8. The van der Waals surface area contributed by atoms with Crippen LogP contribution in [-0.2, 0) is 4.79 Å². The van der Waals surface area contributed by atoms with Gasteiger partial charge in [-0.15, -0.1) is 11.8 Å². The van der Waals surface area contributed by atoms with Gasteiger partial charge in [0, 0.05) is 0 Å². The van der Waals surface area contributed by atoms with Crippen molar-refractivity contribution >= 4 is 29.5 Å². The maximum absolute atomic E-state index is 12.7. The summed E-state index contributed by atoms with van der Waals surface area (Å²) in [7, 11) is 0. The molecule has 0 radical (unpaired) electrons. The summed E-state index contributed by atoms with van der Waals surface area (Å²) in [5.74, 6) is -0.326. The van der Waals surface area contributed by atoms with Crippen LogP contribution in [0.1, 0.15) is 58.5 Å². The van der Waals surface area contributed by atoms with E-state index in [1.807, 2.05) is 4.68 Å². The smallest absolute Gasteiger partial charge is 0.335 e. The highest BCUT2D eigenvalue weighted by atomic mass is 32.2. The van der Waals surface area contributed by atoms with Crippen molar-refractivity contribution in [2.45, 2.75) is 37.0 Å². The van der Waals surface area contributed by atoms with Gasteiger partial charge < -0.3 is 10.4 Å². The minimum atomic E-state index is -0.993. The molecule has 3 N–H and O–H groups in total. The second-order valence-corrected chi connectivity index (χ2v) is 7.77. The fraction of sp³-hybridized carbons (Fsp3) is 0.389. The zero-order chi connectivity index (χ0) is 18.3. The molecule has 1 fully saturated rings. The van der Waals surface area contributed by atoms with Crippen LogP contribution in [-0.4, -0.2) is 32.5 Å². The number of carboxylic acid groups (broad SMARTS) is 1. The Hall–Kier alpha value is -2.48. The number of aromatic amines is 1. The Morgan fingerprint density at radius 2 is 1.85 bits per heavy atom. The lowest BCUT2D eigenvalue weighted by molar-refractivity contribution is -0.113. The number of aromatic carboxylic acids is 1. The van der Waals surface area contributed by atoms with Crippen molar-refractivity contribution in [2.75, 3.05) is 11.1 Å². The van der Waals surface area contributed by atoms with Gasteiger partial charge in [0.2, 0.25) is 5.91 Å². The molecule has 7 nitrogen and oxygen atoms in total.